The third-order valence-corrected chi connectivity index (χ3v) is 4.93. The molecule has 1 aromatic heterocycles. The van der Waals surface area contributed by atoms with E-state index in [2.05, 4.69) is 44.8 Å². The van der Waals surface area contributed by atoms with Gasteiger partial charge in [-0.1, -0.05) is 63.0 Å². The fraction of sp³-hybridized carbons (Fsp3) is 0.350. The van der Waals surface area contributed by atoms with E-state index in [0.717, 1.165) is 28.4 Å². The molecule has 0 unspecified atom stereocenters. The quantitative estimate of drug-likeness (QED) is 0.511. The highest BCUT2D eigenvalue weighted by Crippen LogP contribution is 2.39. The maximum absolute atomic E-state index is 6.05. The molecule has 0 saturated heterocycles. The van der Waals surface area contributed by atoms with Crippen molar-refractivity contribution in [3.8, 4) is 0 Å². The van der Waals surface area contributed by atoms with Crippen LogP contribution >= 0.6 is 23.2 Å². The molecule has 3 aromatic rings. The number of benzene rings is 2. The summed E-state index contributed by atoms with van der Waals surface area (Å²) in [6.45, 7) is 8.79. The molecule has 0 fully saturated rings. The van der Waals surface area contributed by atoms with Crippen molar-refractivity contribution in [2.24, 2.45) is 0 Å². The van der Waals surface area contributed by atoms with Crippen LogP contribution in [0.3, 0.4) is 0 Å². The number of halogens is 2. The van der Waals surface area contributed by atoms with Gasteiger partial charge in [0.1, 0.15) is 5.52 Å². The van der Waals surface area contributed by atoms with Crippen LogP contribution in [-0.2, 0) is 10.8 Å². The van der Waals surface area contributed by atoms with Crippen LogP contribution < -0.4 is 0 Å². The molecule has 0 atom stereocenters. The summed E-state index contributed by atoms with van der Waals surface area (Å²) in [4.78, 5) is 4.66. The second-order valence-corrected chi connectivity index (χ2v) is 8.46. The first kappa shape index (κ1) is 17.3. The molecule has 0 spiro atoms. The van der Waals surface area contributed by atoms with E-state index >= 15 is 0 Å². The van der Waals surface area contributed by atoms with Crippen LogP contribution in [0.25, 0.3) is 11.1 Å². The van der Waals surface area contributed by atoms with Crippen molar-refractivity contribution < 1.29 is 4.42 Å². The summed E-state index contributed by atoms with van der Waals surface area (Å²) in [6, 6.07) is 13.6. The minimum atomic E-state index is -0.214. The lowest BCUT2D eigenvalue weighted by molar-refractivity contribution is 0.293. The smallest absolute Gasteiger partial charge is 0.201 e. The Hall–Kier alpha value is -1.51. The van der Waals surface area contributed by atoms with Crippen LogP contribution in [-0.4, -0.2) is 4.98 Å². The maximum Gasteiger partial charge on any atom is 0.201 e. The fourth-order valence-corrected chi connectivity index (χ4v) is 3.67. The Morgan fingerprint density at radius 3 is 2.17 bits per heavy atom. The van der Waals surface area contributed by atoms with Crippen molar-refractivity contribution in [1.82, 2.24) is 4.98 Å². The molecule has 24 heavy (non-hydrogen) atoms. The predicted molar refractivity (Wildman–Crippen MR) is 101 cm³/mol. The molecule has 0 aliphatic rings. The lowest BCUT2D eigenvalue weighted by Crippen LogP contribution is -2.30. The second kappa shape index (κ2) is 6.09. The summed E-state index contributed by atoms with van der Waals surface area (Å²) in [5.41, 5.74) is 2.57. The van der Waals surface area contributed by atoms with Crippen molar-refractivity contribution in [2.45, 2.75) is 44.9 Å². The Balaban J connectivity index is 1.92. The molecular formula is C20H21Cl2NO. The van der Waals surface area contributed by atoms with Gasteiger partial charge in [-0.2, -0.15) is 0 Å². The monoisotopic (exact) mass is 361 g/mol. The first-order chi connectivity index (χ1) is 11.2. The Bertz CT molecular complexity index is 863. The zero-order chi connectivity index (χ0) is 17.5. The Kier molecular flexibility index (Phi) is 4.39. The SMILES string of the molecule is CC(C)(CC(C)(C)c1nc2cc(Cl)ccc2o1)c1ccc(Cl)cc1. The summed E-state index contributed by atoms with van der Waals surface area (Å²) >= 11 is 12.1. The molecule has 0 N–H and O–H groups in total. The highest BCUT2D eigenvalue weighted by atomic mass is 35.5. The molecule has 2 aromatic carbocycles. The summed E-state index contributed by atoms with van der Waals surface area (Å²) in [5, 5.41) is 1.42. The summed E-state index contributed by atoms with van der Waals surface area (Å²) < 4.78 is 6.00. The summed E-state index contributed by atoms with van der Waals surface area (Å²) in [7, 11) is 0. The normalized spacial score (nSPS) is 12.8. The van der Waals surface area contributed by atoms with Gasteiger partial charge in [-0.25, -0.2) is 4.98 Å². The predicted octanol–water partition coefficient (Wildman–Crippen LogP) is 6.78. The fourth-order valence-electron chi connectivity index (χ4n) is 3.37. The first-order valence-electron chi connectivity index (χ1n) is 8.00. The minimum absolute atomic E-state index is 0.0353. The molecular weight excluding hydrogens is 341 g/mol. The molecule has 0 aliphatic heterocycles. The van der Waals surface area contributed by atoms with Gasteiger partial charge in [0.15, 0.2) is 5.58 Å². The van der Waals surface area contributed by atoms with Gasteiger partial charge in [-0.15, -0.1) is 0 Å². The van der Waals surface area contributed by atoms with E-state index < -0.39 is 0 Å². The maximum atomic E-state index is 6.05. The highest BCUT2D eigenvalue weighted by Gasteiger charge is 2.35. The molecule has 4 heteroatoms. The van der Waals surface area contributed by atoms with Crippen LogP contribution in [0, 0.1) is 0 Å². The Morgan fingerprint density at radius 1 is 0.875 bits per heavy atom. The summed E-state index contributed by atoms with van der Waals surface area (Å²) in [6.07, 6.45) is 0.891. The van der Waals surface area contributed by atoms with Crippen LogP contribution in [0.15, 0.2) is 46.9 Å². The molecule has 0 amide bonds. The van der Waals surface area contributed by atoms with Crippen molar-refractivity contribution in [2.75, 3.05) is 0 Å². The van der Waals surface area contributed by atoms with E-state index in [1.165, 1.54) is 5.56 Å². The lowest BCUT2D eigenvalue weighted by Gasteiger charge is -2.33. The van der Waals surface area contributed by atoms with Crippen LogP contribution in [0.5, 0.6) is 0 Å². The standard InChI is InChI=1S/C20H21Cl2NO/c1-19(2,13-5-7-14(21)8-6-13)12-20(3,4)18-23-16-11-15(22)9-10-17(16)24-18/h5-11H,12H2,1-4H3. The largest absolute Gasteiger partial charge is 0.440 e. The Labute approximate surface area is 152 Å². The van der Waals surface area contributed by atoms with Gasteiger partial charge in [-0.05, 0) is 47.7 Å². The highest BCUT2D eigenvalue weighted by molar-refractivity contribution is 6.31. The van der Waals surface area contributed by atoms with Gasteiger partial charge in [0.05, 0.1) is 0 Å². The van der Waals surface area contributed by atoms with E-state index in [9.17, 15) is 0 Å². The molecule has 1 heterocycles. The van der Waals surface area contributed by atoms with E-state index in [4.69, 9.17) is 27.6 Å². The van der Waals surface area contributed by atoms with Crippen LogP contribution in [0.4, 0.5) is 0 Å². The first-order valence-corrected chi connectivity index (χ1v) is 8.76. The number of hydrogen-bond acceptors (Lipinski definition) is 2. The van der Waals surface area contributed by atoms with Crippen molar-refractivity contribution in [1.29, 1.82) is 0 Å². The second-order valence-electron chi connectivity index (χ2n) is 7.58. The molecule has 0 saturated carbocycles. The number of hydrogen-bond donors (Lipinski definition) is 0. The number of rotatable bonds is 4. The third-order valence-electron chi connectivity index (χ3n) is 4.44. The van der Waals surface area contributed by atoms with E-state index in [0.29, 0.717) is 5.02 Å². The lowest BCUT2D eigenvalue weighted by atomic mass is 9.71. The van der Waals surface area contributed by atoms with Crippen molar-refractivity contribution in [3.05, 3.63) is 64.0 Å². The zero-order valence-electron chi connectivity index (χ0n) is 14.4. The third kappa shape index (κ3) is 3.45. The number of fused-ring (bicyclic) bond motifs is 1. The molecule has 0 aliphatic carbocycles. The average molecular weight is 362 g/mol. The van der Waals surface area contributed by atoms with Crippen LogP contribution in [0.2, 0.25) is 10.0 Å². The zero-order valence-corrected chi connectivity index (χ0v) is 15.9. The van der Waals surface area contributed by atoms with E-state index in [1.807, 2.05) is 30.3 Å². The van der Waals surface area contributed by atoms with Crippen LogP contribution in [0.1, 0.15) is 45.6 Å². The molecule has 2 nitrogen and oxygen atoms in total. The van der Waals surface area contributed by atoms with Gasteiger partial charge in [0.2, 0.25) is 5.89 Å². The number of oxazole rings is 1. The minimum Gasteiger partial charge on any atom is -0.440 e. The molecule has 3 rings (SSSR count). The molecule has 0 radical (unpaired) electrons. The van der Waals surface area contributed by atoms with Gasteiger partial charge < -0.3 is 4.42 Å². The summed E-state index contributed by atoms with van der Waals surface area (Å²) in [5.74, 6) is 0.738. The van der Waals surface area contributed by atoms with E-state index in [1.54, 1.807) is 0 Å². The topological polar surface area (TPSA) is 26.0 Å². The molecule has 0 bridgehead atoms. The van der Waals surface area contributed by atoms with Gasteiger partial charge in [-0.3, -0.25) is 0 Å². The van der Waals surface area contributed by atoms with E-state index in [-0.39, 0.29) is 10.8 Å². The Morgan fingerprint density at radius 2 is 1.50 bits per heavy atom. The molecule has 126 valence electrons. The van der Waals surface area contributed by atoms with Gasteiger partial charge >= 0.3 is 0 Å². The van der Waals surface area contributed by atoms with Gasteiger partial charge in [0, 0.05) is 15.5 Å². The van der Waals surface area contributed by atoms with Gasteiger partial charge in [0.25, 0.3) is 0 Å². The van der Waals surface area contributed by atoms with Crippen molar-refractivity contribution >= 4 is 34.3 Å². The average Bonchev–Trinajstić information content (AvgIpc) is 2.90. The number of aromatic nitrogens is 1. The van der Waals surface area contributed by atoms with Crippen molar-refractivity contribution in [3.63, 3.8) is 0 Å². The number of nitrogens with zero attached hydrogens (tertiary/aromatic N) is 1.